The minimum absolute atomic E-state index is 0.214. The summed E-state index contributed by atoms with van der Waals surface area (Å²) in [5, 5.41) is 6.69. The van der Waals surface area contributed by atoms with Crippen LogP contribution in [0.3, 0.4) is 0 Å². The molecular weight excluding hydrogens is 360 g/mol. The molecule has 6 heteroatoms. The lowest BCUT2D eigenvalue weighted by atomic mass is 10.2. The highest BCUT2D eigenvalue weighted by Gasteiger charge is 2.10. The van der Waals surface area contributed by atoms with E-state index in [9.17, 15) is 4.79 Å². The van der Waals surface area contributed by atoms with Gasteiger partial charge in [-0.15, -0.1) is 0 Å². The topological polar surface area (TPSA) is 57.3 Å². The number of benzene rings is 2. The molecule has 0 unspecified atom stereocenters. The number of pyridine rings is 1. The molecule has 0 saturated heterocycles. The number of aromatic nitrogens is 1. The lowest BCUT2D eigenvalue weighted by Gasteiger charge is -2.13. The third-order valence-electron chi connectivity index (χ3n) is 4.13. The van der Waals surface area contributed by atoms with Gasteiger partial charge in [-0.25, -0.2) is 4.98 Å². The van der Waals surface area contributed by atoms with Crippen LogP contribution in [-0.4, -0.2) is 25.0 Å². The van der Waals surface area contributed by atoms with E-state index in [4.69, 9.17) is 11.6 Å². The zero-order valence-electron chi connectivity index (χ0n) is 15.5. The van der Waals surface area contributed by atoms with Gasteiger partial charge in [0.1, 0.15) is 5.82 Å². The van der Waals surface area contributed by atoms with Crippen LogP contribution < -0.4 is 15.5 Å². The van der Waals surface area contributed by atoms with Crippen molar-refractivity contribution in [2.45, 2.75) is 6.92 Å². The molecule has 0 bridgehead atoms. The molecule has 0 spiro atoms. The van der Waals surface area contributed by atoms with E-state index >= 15 is 0 Å². The Labute approximate surface area is 164 Å². The fourth-order valence-electron chi connectivity index (χ4n) is 2.55. The second-order valence-corrected chi connectivity index (χ2v) is 6.85. The molecular formula is C21H21ClN4O. The van der Waals surface area contributed by atoms with Gasteiger partial charge in [-0.3, -0.25) is 4.79 Å². The van der Waals surface area contributed by atoms with Gasteiger partial charge in [0.2, 0.25) is 0 Å². The molecule has 1 amide bonds. The van der Waals surface area contributed by atoms with Crippen molar-refractivity contribution in [1.29, 1.82) is 0 Å². The van der Waals surface area contributed by atoms with Crippen LogP contribution in [0.2, 0.25) is 5.02 Å². The first-order valence-corrected chi connectivity index (χ1v) is 8.88. The summed E-state index contributed by atoms with van der Waals surface area (Å²) in [5.41, 5.74) is 4.16. The maximum atomic E-state index is 12.6. The van der Waals surface area contributed by atoms with Gasteiger partial charge in [-0.2, -0.15) is 0 Å². The Morgan fingerprint density at radius 3 is 2.48 bits per heavy atom. The van der Waals surface area contributed by atoms with Gasteiger partial charge in [-0.05, 0) is 61.0 Å². The van der Waals surface area contributed by atoms with Crippen molar-refractivity contribution in [2.75, 3.05) is 29.6 Å². The molecule has 0 aliphatic rings. The molecule has 1 heterocycles. The summed E-state index contributed by atoms with van der Waals surface area (Å²) in [5.74, 6) is 0.386. The van der Waals surface area contributed by atoms with Crippen molar-refractivity contribution in [1.82, 2.24) is 4.98 Å². The molecule has 3 aromatic rings. The van der Waals surface area contributed by atoms with Gasteiger partial charge in [0, 0.05) is 47.9 Å². The van der Waals surface area contributed by atoms with E-state index < -0.39 is 0 Å². The second kappa shape index (κ2) is 8.10. The summed E-state index contributed by atoms with van der Waals surface area (Å²) in [4.78, 5) is 18.9. The van der Waals surface area contributed by atoms with Gasteiger partial charge in [0.25, 0.3) is 5.91 Å². The number of amides is 1. The minimum Gasteiger partial charge on any atom is -0.378 e. The van der Waals surface area contributed by atoms with E-state index in [1.54, 1.807) is 30.5 Å². The van der Waals surface area contributed by atoms with Crippen molar-refractivity contribution >= 4 is 40.4 Å². The molecule has 1 aromatic heterocycles. The summed E-state index contributed by atoms with van der Waals surface area (Å²) in [7, 11) is 3.99. The van der Waals surface area contributed by atoms with Crippen LogP contribution in [0.5, 0.6) is 0 Å². The maximum Gasteiger partial charge on any atom is 0.255 e. The largest absolute Gasteiger partial charge is 0.378 e. The van der Waals surface area contributed by atoms with Crippen LogP contribution in [0, 0.1) is 6.92 Å². The molecule has 2 N–H and O–H groups in total. The van der Waals surface area contributed by atoms with E-state index in [0.29, 0.717) is 22.1 Å². The fourth-order valence-corrected chi connectivity index (χ4v) is 2.73. The molecule has 138 valence electrons. The predicted octanol–water partition coefficient (Wildman–Crippen LogP) is 5.11. The smallest absolute Gasteiger partial charge is 0.255 e. The Morgan fingerprint density at radius 1 is 1.04 bits per heavy atom. The zero-order chi connectivity index (χ0) is 19.4. The van der Waals surface area contributed by atoms with Crippen molar-refractivity contribution < 1.29 is 4.79 Å². The molecule has 0 radical (unpaired) electrons. The highest BCUT2D eigenvalue weighted by Crippen LogP contribution is 2.22. The third kappa shape index (κ3) is 4.77. The summed E-state index contributed by atoms with van der Waals surface area (Å²) >= 11 is 6.02. The second-order valence-electron chi connectivity index (χ2n) is 6.41. The minimum atomic E-state index is -0.214. The Balaban J connectivity index is 1.74. The van der Waals surface area contributed by atoms with Crippen molar-refractivity contribution in [3.8, 4) is 0 Å². The van der Waals surface area contributed by atoms with E-state index in [1.165, 1.54) is 0 Å². The van der Waals surface area contributed by atoms with Gasteiger partial charge < -0.3 is 15.5 Å². The highest BCUT2D eigenvalue weighted by atomic mass is 35.5. The molecule has 27 heavy (non-hydrogen) atoms. The number of carbonyl (C=O) groups excluding carboxylic acids is 1. The van der Waals surface area contributed by atoms with Gasteiger partial charge >= 0.3 is 0 Å². The lowest BCUT2D eigenvalue weighted by molar-refractivity contribution is 0.102. The number of hydrogen-bond donors (Lipinski definition) is 2. The Hall–Kier alpha value is -3.05. The van der Waals surface area contributed by atoms with Crippen molar-refractivity contribution in [3.63, 3.8) is 0 Å². The fraction of sp³-hybridized carbons (Fsp3) is 0.143. The monoisotopic (exact) mass is 380 g/mol. The van der Waals surface area contributed by atoms with E-state index in [2.05, 4.69) is 15.6 Å². The lowest BCUT2D eigenvalue weighted by Crippen LogP contribution is -2.13. The first kappa shape index (κ1) is 18.7. The SMILES string of the molecule is Cc1ccc(Cl)cc1NC(=O)c1ccnc(Nc2ccc(N(C)C)cc2)c1. The average Bonchev–Trinajstić information content (AvgIpc) is 2.65. The molecule has 3 rings (SSSR count). The van der Waals surface area contributed by atoms with Crippen LogP contribution >= 0.6 is 11.6 Å². The van der Waals surface area contributed by atoms with Gasteiger partial charge in [0.15, 0.2) is 0 Å². The van der Waals surface area contributed by atoms with Crippen LogP contribution in [0.1, 0.15) is 15.9 Å². The molecule has 0 saturated carbocycles. The van der Waals surface area contributed by atoms with Crippen LogP contribution in [0.15, 0.2) is 60.8 Å². The number of aryl methyl sites for hydroxylation is 1. The zero-order valence-corrected chi connectivity index (χ0v) is 16.2. The maximum absolute atomic E-state index is 12.6. The van der Waals surface area contributed by atoms with E-state index in [1.807, 2.05) is 56.3 Å². The van der Waals surface area contributed by atoms with Crippen LogP contribution in [0.4, 0.5) is 22.9 Å². The Bertz CT molecular complexity index is 955. The molecule has 0 atom stereocenters. The Kier molecular flexibility index (Phi) is 5.62. The standard InChI is InChI=1S/C21H21ClN4O/c1-14-4-5-16(22)13-19(14)25-21(27)15-10-11-23-20(12-15)24-17-6-8-18(9-7-17)26(2)3/h4-13H,1-3H3,(H,23,24)(H,25,27). The highest BCUT2D eigenvalue weighted by molar-refractivity contribution is 6.31. The van der Waals surface area contributed by atoms with Crippen molar-refractivity contribution in [2.24, 2.45) is 0 Å². The number of hydrogen-bond acceptors (Lipinski definition) is 4. The first-order valence-electron chi connectivity index (χ1n) is 8.50. The number of halogens is 1. The molecule has 0 aliphatic heterocycles. The summed E-state index contributed by atoms with van der Waals surface area (Å²) in [6.07, 6.45) is 1.61. The van der Waals surface area contributed by atoms with E-state index in [-0.39, 0.29) is 5.91 Å². The number of nitrogens with zero attached hydrogens (tertiary/aromatic N) is 2. The number of nitrogens with one attached hydrogen (secondary N) is 2. The van der Waals surface area contributed by atoms with Crippen molar-refractivity contribution in [3.05, 3.63) is 76.9 Å². The van der Waals surface area contributed by atoms with Crippen LogP contribution in [0.25, 0.3) is 0 Å². The number of rotatable bonds is 5. The predicted molar refractivity (Wildman–Crippen MR) is 112 cm³/mol. The Morgan fingerprint density at radius 2 is 1.78 bits per heavy atom. The summed E-state index contributed by atoms with van der Waals surface area (Å²) in [6, 6.07) is 16.8. The number of anilines is 4. The summed E-state index contributed by atoms with van der Waals surface area (Å²) in [6.45, 7) is 1.92. The summed E-state index contributed by atoms with van der Waals surface area (Å²) < 4.78 is 0. The van der Waals surface area contributed by atoms with Crippen LogP contribution in [-0.2, 0) is 0 Å². The quantitative estimate of drug-likeness (QED) is 0.646. The van der Waals surface area contributed by atoms with E-state index in [0.717, 1.165) is 16.9 Å². The molecule has 5 nitrogen and oxygen atoms in total. The number of carbonyl (C=O) groups is 1. The molecule has 2 aromatic carbocycles. The van der Waals surface area contributed by atoms with Gasteiger partial charge in [-0.1, -0.05) is 17.7 Å². The third-order valence-corrected chi connectivity index (χ3v) is 4.36. The average molecular weight is 381 g/mol. The molecule has 0 fully saturated rings. The van der Waals surface area contributed by atoms with Gasteiger partial charge in [0.05, 0.1) is 0 Å². The normalized spacial score (nSPS) is 10.4. The molecule has 0 aliphatic carbocycles. The first-order chi connectivity index (χ1) is 12.9.